The average molecular weight is 362 g/mol. The lowest BCUT2D eigenvalue weighted by Gasteiger charge is -2.12. The van der Waals surface area contributed by atoms with Crippen LogP contribution < -0.4 is 20.1 Å². The van der Waals surface area contributed by atoms with Gasteiger partial charge in [-0.15, -0.1) is 0 Å². The second-order valence-electron chi connectivity index (χ2n) is 5.90. The Morgan fingerprint density at radius 3 is 2.07 bits per heavy atom. The molecular weight excluding hydrogens is 340 g/mol. The Hall–Kier alpha value is -3.47. The molecule has 0 bridgehead atoms. The van der Waals surface area contributed by atoms with Gasteiger partial charge in [-0.25, -0.2) is 0 Å². The molecule has 1 amide bonds. The molecule has 5 heteroatoms. The summed E-state index contributed by atoms with van der Waals surface area (Å²) in [6.45, 7) is 0.650. The molecule has 3 aromatic carbocycles. The van der Waals surface area contributed by atoms with Crippen LogP contribution in [0.5, 0.6) is 11.5 Å². The molecule has 2 N–H and O–H groups in total. The summed E-state index contributed by atoms with van der Waals surface area (Å²) in [6.07, 6.45) is 0. The molecule has 0 aromatic heterocycles. The van der Waals surface area contributed by atoms with Crippen LogP contribution >= 0.6 is 0 Å². The normalized spacial score (nSPS) is 10.1. The van der Waals surface area contributed by atoms with Crippen molar-refractivity contribution in [2.75, 3.05) is 24.9 Å². The zero-order valence-electron chi connectivity index (χ0n) is 15.4. The van der Waals surface area contributed by atoms with Gasteiger partial charge in [-0.05, 0) is 42.5 Å². The van der Waals surface area contributed by atoms with Crippen LogP contribution in [-0.2, 0) is 6.54 Å². The number of hydrogen-bond donors (Lipinski definition) is 2. The molecule has 5 nitrogen and oxygen atoms in total. The van der Waals surface area contributed by atoms with Crippen molar-refractivity contribution in [3.8, 4) is 11.5 Å². The zero-order valence-corrected chi connectivity index (χ0v) is 15.4. The van der Waals surface area contributed by atoms with Crippen LogP contribution in [0, 0.1) is 0 Å². The van der Waals surface area contributed by atoms with Crippen LogP contribution in [0.15, 0.2) is 72.8 Å². The van der Waals surface area contributed by atoms with E-state index in [0.29, 0.717) is 23.5 Å². The summed E-state index contributed by atoms with van der Waals surface area (Å²) in [5.74, 6) is 1.19. The number of ether oxygens (including phenoxy) is 2. The number of rotatable bonds is 7. The Labute approximate surface area is 158 Å². The van der Waals surface area contributed by atoms with Gasteiger partial charge in [0.25, 0.3) is 5.91 Å². The number of carbonyl (C=O) groups excluding carboxylic acids is 1. The maximum absolute atomic E-state index is 12.4. The zero-order chi connectivity index (χ0) is 19.1. The Bertz CT molecular complexity index is 907. The molecule has 0 aliphatic heterocycles. The Balaban J connectivity index is 1.62. The minimum Gasteiger partial charge on any atom is -0.496 e. The minimum absolute atomic E-state index is 0.206. The Morgan fingerprint density at radius 1 is 0.778 bits per heavy atom. The van der Waals surface area contributed by atoms with E-state index in [-0.39, 0.29) is 5.91 Å². The quantitative estimate of drug-likeness (QED) is 0.646. The summed E-state index contributed by atoms with van der Waals surface area (Å²) in [5, 5.41) is 6.24. The van der Waals surface area contributed by atoms with E-state index in [1.807, 2.05) is 60.7 Å². The van der Waals surface area contributed by atoms with Crippen LogP contribution in [0.25, 0.3) is 0 Å². The molecule has 27 heavy (non-hydrogen) atoms. The lowest BCUT2D eigenvalue weighted by Crippen LogP contribution is -2.13. The van der Waals surface area contributed by atoms with E-state index in [9.17, 15) is 4.79 Å². The summed E-state index contributed by atoms with van der Waals surface area (Å²) in [5.41, 5.74) is 3.25. The number of methoxy groups -OCH3 is 2. The maximum atomic E-state index is 12.4. The van der Waals surface area contributed by atoms with Crippen molar-refractivity contribution in [1.29, 1.82) is 0 Å². The van der Waals surface area contributed by atoms with Crippen LogP contribution in [0.4, 0.5) is 11.4 Å². The predicted octanol–water partition coefficient (Wildman–Crippen LogP) is 4.57. The van der Waals surface area contributed by atoms with E-state index in [0.717, 1.165) is 17.0 Å². The van der Waals surface area contributed by atoms with E-state index in [2.05, 4.69) is 10.6 Å². The molecule has 0 spiro atoms. The monoisotopic (exact) mass is 362 g/mol. The van der Waals surface area contributed by atoms with Gasteiger partial charge in [-0.1, -0.05) is 30.3 Å². The maximum Gasteiger partial charge on any atom is 0.259 e. The molecule has 3 aromatic rings. The molecule has 0 heterocycles. The molecule has 0 fully saturated rings. The Morgan fingerprint density at radius 2 is 1.37 bits per heavy atom. The van der Waals surface area contributed by atoms with Crippen LogP contribution in [-0.4, -0.2) is 20.1 Å². The standard InChI is InChI=1S/C22H22N2O3/c1-26-20-9-5-3-7-16(20)15-23-17-11-13-18(14-12-17)24-22(25)19-8-4-6-10-21(19)27-2/h3-14,23H,15H2,1-2H3,(H,24,25). The molecule has 0 aliphatic rings. The van der Waals surface area contributed by atoms with Gasteiger partial charge in [-0.3, -0.25) is 4.79 Å². The molecule has 0 unspecified atom stereocenters. The third kappa shape index (κ3) is 4.58. The number of benzene rings is 3. The van der Waals surface area contributed by atoms with Crippen molar-refractivity contribution < 1.29 is 14.3 Å². The number of para-hydroxylation sites is 2. The predicted molar refractivity (Wildman–Crippen MR) is 108 cm³/mol. The summed E-state index contributed by atoms with van der Waals surface area (Å²) >= 11 is 0. The van der Waals surface area contributed by atoms with Gasteiger partial charge >= 0.3 is 0 Å². The van der Waals surface area contributed by atoms with E-state index in [4.69, 9.17) is 9.47 Å². The van der Waals surface area contributed by atoms with E-state index < -0.39 is 0 Å². The highest BCUT2D eigenvalue weighted by atomic mass is 16.5. The van der Waals surface area contributed by atoms with E-state index >= 15 is 0 Å². The van der Waals surface area contributed by atoms with E-state index in [1.165, 1.54) is 0 Å². The first-order chi connectivity index (χ1) is 13.2. The lowest BCUT2D eigenvalue weighted by molar-refractivity contribution is 0.102. The van der Waals surface area contributed by atoms with Crippen molar-refractivity contribution in [2.24, 2.45) is 0 Å². The summed E-state index contributed by atoms with van der Waals surface area (Å²) in [4.78, 5) is 12.4. The lowest BCUT2D eigenvalue weighted by atomic mass is 10.1. The highest BCUT2D eigenvalue weighted by molar-refractivity contribution is 6.06. The van der Waals surface area contributed by atoms with Crippen LogP contribution in [0.2, 0.25) is 0 Å². The molecule has 0 atom stereocenters. The van der Waals surface area contributed by atoms with Gasteiger partial charge in [-0.2, -0.15) is 0 Å². The molecule has 0 aliphatic carbocycles. The SMILES string of the molecule is COc1ccccc1CNc1ccc(NC(=O)c2ccccc2OC)cc1. The number of carbonyl (C=O) groups is 1. The fourth-order valence-electron chi connectivity index (χ4n) is 2.75. The van der Waals surface area contributed by atoms with Crippen LogP contribution in [0.3, 0.4) is 0 Å². The number of anilines is 2. The molecule has 0 saturated heterocycles. The smallest absolute Gasteiger partial charge is 0.259 e. The largest absolute Gasteiger partial charge is 0.496 e. The molecule has 138 valence electrons. The first kappa shape index (κ1) is 18.3. The molecule has 3 rings (SSSR count). The van der Waals surface area contributed by atoms with Gasteiger partial charge in [0.2, 0.25) is 0 Å². The van der Waals surface area contributed by atoms with Crippen molar-refractivity contribution in [3.05, 3.63) is 83.9 Å². The average Bonchev–Trinajstić information content (AvgIpc) is 2.73. The minimum atomic E-state index is -0.206. The second kappa shape index (κ2) is 8.76. The summed E-state index contributed by atoms with van der Waals surface area (Å²) in [6, 6.07) is 22.6. The summed E-state index contributed by atoms with van der Waals surface area (Å²) in [7, 11) is 3.21. The third-order valence-corrected chi connectivity index (χ3v) is 4.17. The fraction of sp³-hybridized carbons (Fsp3) is 0.136. The van der Waals surface area contributed by atoms with Crippen molar-refractivity contribution in [3.63, 3.8) is 0 Å². The molecular formula is C22H22N2O3. The molecule has 0 saturated carbocycles. The van der Waals surface area contributed by atoms with Gasteiger partial charge in [0, 0.05) is 23.5 Å². The number of amides is 1. The topological polar surface area (TPSA) is 59.6 Å². The third-order valence-electron chi connectivity index (χ3n) is 4.17. The van der Waals surface area contributed by atoms with Crippen molar-refractivity contribution >= 4 is 17.3 Å². The van der Waals surface area contributed by atoms with Crippen LogP contribution in [0.1, 0.15) is 15.9 Å². The molecule has 0 radical (unpaired) electrons. The highest BCUT2D eigenvalue weighted by Crippen LogP contribution is 2.22. The first-order valence-electron chi connectivity index (χ1n) is 8.61. The summed E-state index contributed by atoms with van der Waals surface area (Å²) < 4.78 is 10.6. The fourth-order valence-corrected chi connectivity index (χ4v) is 2.75. The first-order valence-corrected chi connectivity index (χ1v) is 8.61. The van der Waals surface area contributed by atoms with Gasteiger partial charge in [0.15, 0.2) is 0 Å². The van der Waals surface area contributed by atoms with Crippen molar-refractivity contribution in [1.82, 2.24) is 0 Å². The van der Waals surface area contributed by atoms with Crippen molar-refractivity contribution in [2.45, 2.75) is 6.54 Å². The number of nitrogens with one attached hydrogen (secondary N) is 2. The van der Waals surface area contributed by atoms with Gasteiger partial charge in [0.1, 0.15) is 11.5 Å². The van der Waals surface area contributed by atoms with Gasteiger partial charge < -0.3 is 20.1 Å². The highest BCUT2D eigenvalue weighted by Gasteiger charge is 2.11. The second-order valence-corrected chi connectivity index (χ2v) is 5.90. The number of hydrogen-bond acceptors (Lipinski definition) is 4. The van der Waals surface area contributed by atoms with Gasteiger partial charge in [0.05, 0.1) is 19.8 Å². The Kier molecular flexibility index (Phi) is 5.94. The van der Waals surface area contributed by atoms with E-state index in [1.54, 1.807) is 26.4 Å².